The van der Waals surface area contributed by atoms with E-state index in [9.17, 15) is 0 Å². The Balaban J connectivity index is 1.66. The molecule has 0 amide bonds. The molecule has 0 nitrogen and oxygen atoms in total. The van der Waals surface area contributed by atoms with Crippen molar-refractivity contribution in [3.8, 4) is 0 Å². The van der Waals surface area contributed by atoms with Crippen molar-refractivity contribution >= 4 is 23.4 Å². The molecule has 2 aliphatic rings. The van der Waals surface area contributed by atoms with Crippen molar-refractivity contribution < 1.29 is 0 Å². The third-order valence-electron chi connectivity index (χ3n) is 3.99. The summed E-state index contributed by atoms with van der Waals surface area (Å²) in [7, 11) is 0. The maximum absolute atomic E-state index is 5.74. The third-order valence-corrected chi connectivity index (χ3v) is 5.64. The lowest BCUT2D eigenvalue weighted by molar-refractivity contribution is 0.365. The summed E-state index contributed by atoms with van der Waals surface area (Å²) in [5, 5.41) is 0.770. The Bertz CT molecular complexity index is 183. The van der Waals surface area contributed by atoms with Crippen LogP contribution in [0.2, 0.25) is 0 Å². The minimum absolute atomic E-state index is 0.770. The highest BCUT2D eigenvalue weighted by atomic mass is 35.5. The average Bonchev–Trinajstić information content (AvgIpc) is 2.76. The van der Waals surface area contributed by atoms with Crippen LogP contribution >= 0.6 is 23.4 Å². The second-order valence-electron chi connectivity index (χ2n) is 5.06. The van der Waals surface area contributed by atoms with Crippen molar-refractivity contribution in [3.63, 3.8) is 0 Å². The molecule has 0 radical (unpaired) electrons. The Hall–Kier alpha value is 0.640. The van der Waals surface area contributed by atoms with E-state index in [1.807, 2.05) is 0 Å². The molecule has 4 unspecified atom stereocenters. The summed E-state index contributed by atoms with van der Waals surface area (Å²) < 4.78 is 0. The van der Waals surface area contributed by atoms with Crippen LogP contribution in [0.3, 0.4) is 0 Å². The molecule has 0 aromatic rings. The molecule has 0 aromatic heterocycles. The predicted octanol–water partition coefficient (Wildman–Crippen LogP) is 4.17. The minimum atomic E-state index is 0.770. The summed E-state index contributed by atoms with van der Waals surface area (Å²) in [6, 6.07) is 0. The van der Waals surface area contributed by atoms with Gasteiger partial charge in [-0.2, -0.15) is 11.8 Å². The number of rotatable bonds is 5. The fourth-order valence-electron chi connectivity index (χ4n) is 3.11. The van der Waals surface area contributed by atoms with E-state index in [1.165, 1.54) is 31.4 Å². The molecule has 2 bridgehead atoms. The summed E-state index contributed by atoms with van der Waals surface area (Å²) in [6.07, 6.45) is 7.32. The van der Waals surface area contributed by atoms with Crippen LogP contribution in [0.25, 0.3) is 0 Å². The van der Waals surface area contributed by atoms with Crippen LogP contribution in [0.4, 0.5) is 0 Å². The van der Waals surface area contributed by atoms with Gasteiger partial charge in [0.05, 0.1) is 0 Å². The van der Waals surface area contributed by atoms with Gasteiger partial charge in [0.2, 0.25) is 0 Å². The molecule has 2 fully saturated rings. The number of halogens is 1. The van der Waals surface area contributed by atoms with Crippen molar-refractivity contribution in [2.75, 3.05) is 11.6 Å². The van der Waals surface area contributed by atoms with Crippen molar-refractivity contribution in [2.24, 2.45) is 17.8 Å². The molecule has 0 aliphatic heterocycles. The smallest absolute Gasteiger partial charge is 0.0233 e. The van der Waals surface area contributed by atoms with Gasteiger partial charge < -0.3 is 0 Å². The molecule has 4 atom stereocenters. The lowest BCUT2D eigenvalue weighted by Gasteiger charge is -2.22. The second kappa shape index (κ2) is 5.12. The molecule has 0 aromatic carbocycles. The zero-order chi connectivity index (χ0) is 9.97. The molecule has 2 aliphatic carbocycles. The summed E-state index contributed by atoms with van der Waals surface area (Å²) in [4.78, 5) is 0. The van der Waals surface area contributed by atoms with Crippen molar-refractivity contribution in [1.82, 2.24) is 0 Å². The van der Waals surface area contributed by atoms with Gasteiger partial charge in [0.15, 0.2) is 0 Å². The third kappa shape index (κ3) is 2.61. The summed E-state index contributed by atoms with van der Waals surface area (Å²) in [5.74, 6) is 5.48. The van der Waals surface area contributed by atoms with Crippen LogP contribution < -0.4 is 0 Å². The van der Waals surface area contributed by atoms with Gasteiger partial charge in [0, 0.05) is 11.1 Å². The van der Waals surface area contributed by atoms with Crippen LogP contribution in [0.1, 0.15) is 39.0 Å². The van der Waals surface area contributed by atoms with Gasteiger partial charge in [-0.15, -0.1) is 11.6 Å². The summed E-state index contributed by atoms with van der Waals surface area (Å²) in [6.45, 7) is 2.32. The van der Waals surface area contributed by atoms with E-state index in [2.05, 4.69) is 18.7 Å². The first-order valence-electron chi connectivity index (χ1n) is 5.97. The molecule has 82 valence electrons. The highest BCUT2D eigenvalue weighted by Crippen LogP contribution is 2.49. The molecule has 0 spiro atoms. The van der Waals surface area contributed by atoms with Crippen molar-refractivity contribution in [3.05, 3.63) is 0 Å². The molecule has 14 heavy (non-hydrogen) atoms. The van der Waals surface area contributed by atoms with E-state index in [1.54, 1.807) is 6.42 Å². The van der Waals surface area contributed by atoms with E-state index in [4.69, 9.17) is 11.6 Å². The number of alkyl halides is 1. The van der Waals surface area contributed by atoms with Gasteiger partial charge in [-0.3, -0.25) is 0 Å². The Morgan fingerprint density at radius 3 is 2.79 bits per heavy atom. The van der Waals surface area contributed by atoms with Crippen LogP contribution in [0.15, 0.2) is 0 Å². The van der Waals surface area contributed by atoms with Crippen LogP contribution in [0, 0.1) is 17.8 Å². The number of hydrogen-bond acceptors (Lipinski definition) is 1. The highest BCUT2D eigenvalue weighted by molar-refractivity contribution is 7.99. The second-order valence-corrected chi connectivity index (χ2v) is 6.91. The van der Waals surface area contributed by atoms with Gasteiger partial charge in [0.1, 0.15) is 0 Å². The van der Waals surface area contributed by atoms with Gasteiger partial charge in [-0.1, -0.05) is 13.3 Å². The van der Waals surface area contributed by atoms with Crippen LogP contribution in [-0.2, 0) is 0 Å². The maximum Gasteiger partial charge on any atom is 0.0233 e. The average molecular weight is 233 g/mol. The van der Waals surface area contributed by atoms with Gasteiger partial charge >= 0.3 is 0 Å². The van der Waals surface area contributed by atoms with E-state index < -0.39 is 0 Å². The fourth-order valence-corrected chi connectivity index (χ4v) is 4.83. The van der Waals surface area contributed by atoms with Crippen molar-refractivity contribution in [1.29, 1.82) is 0 Å². The Kier molecular flexibility index (Phi) is 4.07. The van der Waals surface area contributed by atoms with Crippen LogP contribution in [-0.4, -0.2) is 16.9 Å². The Labute approximate surface area is 97.2 Å². The molecule has 0 saturated heterocycles. The summed E-state index contributed by atoms with van der Waals surface area (Å²) in [5.41, 5.74) is 0. The fraction of sp³-hybridized carbons (Fsp3) is 1.00. The molecule has 2 rings (SSSR count). The normalized spacial score (nSPS) is 37.7. The molecule has 2 saturated carbocycles. The van der Waals surface area contributed by atoms with E-state index in [0.29, 0.717) is 0 Å². The van der Waals surface area contributed by atoms with Crippen molar-refractivity contribution in [2.45, 2.75) is 44.3 Å². The lowest BCUT2D eigenvalue weighted by atomic mass is 9.90. The number of fused-ring (bicyclic) bond motifs is 2. The number of hydrogen-bond donors (Lipinski definition) is 0. The first-order chi connectivity index (χ1) is 6.79. The van der Waals surface area contributed by atoms with Gasteiger partial charge in [-0.05, 0) is 49.2 Å². The van der Waals surface area contributed by atoms with E-state index >= 15 is 0 Å². The highest BCUT2D eigenvalue weighted by Gasteiger charge is 2.39. The van der Waals surface area contributed by atoms with Gasteiger partial charge in [-0.25, -0.2) is 0 Å². The largest absolute Gasteiger partial charge is 0.159 e. The lowest BCUT2D eigenvalue weighted by Crippen LogP contribution is -2.14. The zero-order valence-corrected chi connectivity index (χ0v) is 10.6. The van der Waals surface area contributed by atoms with E-state index in [-0.39, 0.29) is 0 Å². The van der Waals surface area contributed by atoms with Crippen LogP contribution in [0.5, 0.6) is 0 Å². The molecule has 0 heterocycles. The molecule has 2 heteroatoms. The molecular weight excluding hydrogens is 212 g/mol. The monoisotopic (exact) mass is 232 g/mol. The number of thioether (sulfide) groups is 1. The quantitative estimate of drug-likeness (QED) is 0.641. The Morgan fingerprint density at radius 2 is 2.21 bits per heavy atom. The molecular formula is C12H21ClS. The topological polar surface area (TPSA) is 0 Å². The van der Waals surface area contributed by atoms with Gasteiger partial charge in [0.25, 0.3) is 0 Å². The first kappa shape index (κ1) is 11.1. The first-order valence-corrected chi connectivity index (χ1v) is 7.55. The maximum atomic E-state index is 5.74. The zero-order valence-electron chi connectivity index (χ0n) is 9.05. The SMILES string of the molecule is CC(CCCl)SCC1CC2CCC1C2. The van der Waals surface area contributed by atoms with E-state index in [0.717, 1.165) is 28.9 Å². The predicted molar refractivity (Wildman–Crippen MR) is 66.2 cm³/mol. The summed E-state index contributed by atoms with van der Waals surface area (Å²) >= 11 is 7.89. The minimum Gasteiger partial charge on any atom is -0.159 e. The Morgan fingerprint density at radius 1 is 1.36 bits per heavy atom. The standard InChI is InChI=1S/C12H21ClS/c1-9(4-5-13)14-8-12-7-10-2-3-11(12)6-10/h9-12H,2-8H2,1H3. The molecule has 0 N–H and O–H groups in total.